The number of rotatable bonds is 7. The molecule has 0 unspecified atom stereocenters. The minimum atomic E-state index is -4.56. The molecule has 0 aliphatic rings. The number of para-hydroxylation sites is 2. The van der Waals surface area contributed by atoms with Crippen molar-refractivity contribution >= 4 is 11.7 Å². The third-order valence-corrected chi connectivity index (χ3v) is 4.11. The van der Waals surface area contributed by atoms with Crippen LogP contribution in [0.25, 0.3) is 0 Å². The Morgan fingerprint density at radius 1 is 1.13 bits per heavy atom. The van der Waals surface area contributed by atoms with Crippen LogP contribution >= 0.6 is 0 Å². The molecular weight excluding hydrogens is 401 g/mol. The monoisotopic (exact) mass is 420 g/mol. The first-order valence-corrected chi connectivity index (χ1v) is 9.00. The molecule has 30 heavy (non-hydrogen) atoms. The molecule has 2 aromatic carbocycles. The standard InChI is InChI=1S/C20H19F3N4O3/c1-27(19(28)24-16-10-6-5-9-15(16)20(21,22)23)12-11-17-25-18(30-26-17)13-29-14-7-3-2-4-8-14/h2-10H,11-13H2,1H3,(H,24,28). The number of carbonyl (C=O) groups is 1. The molecule has 0 radical (unpaired) electrons. The Kier molecular flexibility index (Phi) is 6.55. The molecule has 1 N–H and O–H groups in total. The lowest BCUT2D eigenvalue weighted by atomic mass is 10.1. The molecule has 0 saturated heterocycles. The van der Waals surface area contributed by atoms with Gasteiger partial charge in [0.25, 0.3) is 5.89 Å². The minimum absolute atomic E-state index is 0.0988. The third kappa shape index (κ3) is 5.72. The van der Waals surface area contributed by atoms with E-state index in [1.807, 2.05) is 18.2 Å². The van der Waals surface area contributed by atoms with Crippen molar-refractivity contribution in [2.24, 2.45) is 0 Å². The Morgan fingerprint density at radius 2 is 1.83 bits per heavy atom. The van der Waals surface area contributed by atoms with Crippen LogP contribution in [0.15, 0.2) is 59.1 Å². The largest absolute Gasteiger partial charge is 0.484 e. The summed E-state index contributed by atoms with van der Waals surface area (Å²) >= 11 is 0. The number of nitrogens with one attached hydrogen (secondary N) is 1. The van der Waals surface area contributed by atoms with Gasteiger partial charge in [0.15, 0.2) is 12.4 Å². The van der Waals surface area contributed by atoms with Crippen LogP contribution in [0.4, 0.5) is 23.7 Å². The van der Waals surface area contributed by atoms with Crippen LogP contribution in [0.3, 0.4) is 0 Å². The third-order valence-electron chi connectivity index (χ3n) is 4.11. The minimum Gasteiger partial charge on any atom is -0.484 e. The van der Waals surface area contributed by atoms with Crippen LogP contribution in [0.2, 0.25) is 0 Å². The number of hydrogen-bond donors (Lipinski definition) is 1. The Bertz CT molecular complexity index is 977. The quantitative estimate of drug-likeness (QED) is 0.614. The highest BCUT2D eigenvalue weighted by Crippen LogP contribution is 2.34. The molecule has 0 spiro atoms. The molecule has 0 fully saturated rings. The number of ether oxygens (including phenoxy) is 1. The number of carbonyl (C=O) groups excluding carboxylic acids is 1. The van der Waals surface area contributed by atoms with Crippen LogP contribution < -0.4 is 10.1 Å². The number of amides is 2. The number of halogens is 3. The fraction of sp³-hybridized carbons (Fsp3) is 0.250. The first-order valence-electron chi connectivity index (χ1n) is 9.00. The number of likely N-dealkylation sites (N-methyl/N-ethyl adjacent to an activating group) is 1. The Hall–Kier alpha value is -3.56. The van der Waals surface area contributed by atoms with Gasteiger partial charge in [-0.3, -0.25) is 0 Å². The van der Waals surface area contributed by atoms with Gasteiger partial charge in [-0.15, -0.1) is 0 Å². The van der Waals surface area contributed by atoms with E-state index in [0.29, 0.717) is 11.6 Å². The van der Waals surface area contributed by atoms with E-state index in [1.165, 1.54) is 30.1 Å². The number of hydrogen-bond acceptors (Lipinski definition) is 5. The summed E-state index contributed by atoms with van der Waals surface area (Å²) in [6, 6.07) is 13.2. The molecule has 1 heterocycles. The molecule has 10 heteroatoms. The van der Waals surface area contributed by atoms with Crippen LogP contribution in [-0.2, 0) is 19.2 Å². The van der Waals surface area contributed by atoms with Gasteiger partial charge in [-0.25, -0.2) is 4.79 Å². The van der Waals surface area contributed by atoms with Crippen molar-refractivity contribution in [2.45, 2.75) is 19.2 Å². The van der Waals surface area contributed by atoms with E-state index in [9.17, 15) is 18.0 Å². The van der Waals surface area contributed by atoms with E-state index >= 15 is 0 Å². The van der Waals surface area contributed by atoms with Gasteiger partial charge in [0.2, 0.25) is 0 Å². The van der Waals surface area contributed by atoms with Crippen molar-refractivity contribution in [3.05, 3.63) is 71.9 Å². The topological polar surface area (TPSA) is 80.5 Å². The van der Waals surface area contributed by atoms with Crippen LogP contribution in [0.5, 0.6) is 5.75 Å². The molecule has 3 rings (SSSR count). The van der Waals surface area contributed by atoms with Crippen LogP contribution in [-0.4, -0.2) is 34.7 Å². The van der Waals surface area contributed by atoms with E-state index in [1.54, 1.807) is 12.1 Å². The number of anilines is 1. The maximum Gasteiger partial charge on any atom is 0.418 e. The van der Waals surface area contributed by atoms with Crippen molar-refractivity contribution in [1.82, 2.24) is 15.0 Å². The van der Waals surface area contributed by atoms with Gasteiger partial charge < -0.3 is 19.5 Å². The molecule has 7 nitrogen and oxygen atoms in total. The second kappa shape index (κ2) is 9.29. The van der Waals surface area contributed by atoms with Crippen molar-refractivity contribution in [2.75, 3.05) is 18.9 Å². The zero-order valence-electron chi connectivity index (χ0n) is 16.0. The summed E-state index contributed by atoms with van der Waals surface area (Å²) in [5.74, 6) is 1.30. The Morgan fingerprint density at radius 3 is 2.57 bits per heavy atom. The summed E-state index contributed by atoms with van der Waals surface area (Å²) in [6.07, 6.45) is -4.30. The second-order valence-corrected chi connectivity index (χ2v) is 6.35. The Labute approximate surface area is 170 Å². The molecule has 158 valence electrons. The summed E-state index contributed by atoms with van der Waals surface area (Å²) in [7, 11) is 1.46. The summed E-state index contributed by atoms with van der Waals surface area (Å²) in [5.41, 5.74) is -1.21. The van der Waals surface area contributed by atoms with Crippen molar-refractivity contribution < 1.29 is 27.2 Å². The molecule has 0 saturated carbocycles. The highest BCUT2D eigenvalue weighted by Gasteiger charge is 2.33. The SMILES string of the molecule is CN(CCc1noc(COc2ccccc2)n1)C(=O)Nc1ccccc1C(F)(F)F. The first kappa shape index (κ1) is 21.2. The zero-order chi connectivity index (χ0) is 21.6. The smallest absolute Gasteiger partial charge is 0.418 e. The van der Waals surface area contributed by atoms with Gasteiger partial charge in [0.05, 0.1) is 11.3 Å². The number of urea groups is 1. The van der Waals surface area contributed by atoms with Gasteiger partial charge in [0.1, 0.15) is 5.75 Å². The summed E-state index contributed by atoms with van der Waals surface area (Å²) in [6.45, 7) is 0.278. The van der Waals surface area contributed by atoms with E-state index < -0.39 is 17.8 Å². The predicted octanol–water partition coefficient (Wildman–Crippen LogP) is 4.37. The van der Waals surface area contributed by atoms with E-state index in [2.05, 4.69) is 15.5 Å². The molecule has 2 amide bonds. The van der Waals surface area contributed by atoms with E-state index in [4.69, 9.17) is 9.26 Å². The Balaban J connectivity index is 1.50. The predicted molar refractivity (Wildman–Crippen MR) is 102 cm³/mol. The number of aromatic nitrogens is 2. The maximum atomic E-state index is 13.0. The number of nitrogens with zero attached hydrogens (tertiary/aromatic N) is 3. The van der Waals surface area contributed by atoms with Crippen LogP contribution in [0.1, 0.15) is 17.3 Å². The van der Waals surface area contributed by atoms with Crippen molar-refractivity contribution in [1.29, 1.82) is 0 Å². The molecule has 3 aromatic rings. The van der Waals surface area contributed by atoms with Gasteiger partial charge in [-0.2, -0.15) is 18.2 Å². The zero-order valence-corrected chi connectivity index (χ0v) is 16.0. The average molecular weight is 420 g/mol. The fourth-order valence-corrected chi connectivity index (χ4v) is 2.53. The van der Waals surface area contributed by atoms with Gasteiger partial charge in [-0.05, 0) is 24.3 Å². The molecular formula is C20H19F3N4O3. The molecule has 0 aliphatic heterocycles. The lowest BCUT2D eigenvalue weighted by molar-refractivity contribution is -0.136. The van der Waals surface area contributed by atoms with Crippen molar-refractivity contribution in [3.8, 4) is 5.75 Å². The van der Waals surface area contributed by atoms with Gasteiger partial charge >= 0.3 is 12.2 Å². The highest BCUT2D eigenvalue weighted by atomic mass is 19.4. The normalized spacial score (nSPS) is 11.2. The summed E-state index contributed by atoms with van der Waals surface area (Å²) < 4.78 is 49.7. The molecule has 0 bridgehead atoms. The lowest BCUT2D eigenvalue weighted by Crippen LogP contribution is -2.33. The van der Waals surface area contributed by atoms with Gasteiger partial charge in [-0.1, -0.05) is 35.5 Å². The van der Waals surface area contributed by atoms with Crippen LogP contribution in [0, 0.1) is 0 Å². The van der Waals surface area contributed by atoms with Gasteiger partial charge in [0, 0.05) is 20.0 Å². The number of benzene rings is 2. The molecule has 0 atom stereocenters. The lowest BCUT2D eigenvalue weighted by Gasteiger charge is -2.19. The molecule has 0 aliphatic carbocycles. The van der Waals surface area contributed by atoms with Crippen molar-refractivity contribution in [3.63, 3.8) is 0 Å². The summed E-state index contributed by atoms with van der Waals surface area (Å²) in [5, 5.41) is 6.10. The first-order chi connectivity index (χ1) is 14.3. The van der Waals surface area contributed by atoms with E-state index in [0.717, 1.165) is 6.07 Å². The number of alkyl halides is 3. The maximum absolute atomic E-state index is 13.0. The van der Waals surface area contributed by atoms with E-state index in [-0.39, 0.29) is 31.2 Å². The average Bonchev–Trinajstić information content (AvgIpc) is 3.18. The molecule has 1 aromatic heterocycles. The second-order valence-electron chi connectivity index (χ2n) is 6.35. The fourth-order valence-electron chi connectivity index (χ4n) is 2.53. The summed E-state index contributed by atoms with van der Waals surface area (Å²) in [4.78, 5) is 17.7. The highest BCUT2D eigenvalue weighted by molar-refractivity contribution is 5.90.